The van der Waals surface area contributed by atoms with Crippen molar-refractivity contribution in [2.75, 3.05) is 12.8 Å². The Bertz CT molecular complexity index is 663. The molecule has 0 saturated heterocycles. The van der Waals surface area contributed by atoms with Gasteiger partial charge in [0.05, 0.1) is 7.11 Å². The third-order valence-electron chi connectivity index (χ3n) is 3.94. The third kappa shape index (κ3) is 3.06. The van der Waals surface area contributed by atoms with E-state index in [1.165, 1.54) is 0 Å². The van der Waals surface area contributed by atoms with Crippen LogP contribution >= 0.6 is 0 Å². The summed E-state index contributed by atoms with van der Waals surface area (Å²) in [5, 5.41) is 0. The Morgan fingerprint density at radius 1 is 1.18 bits per heavy atom. The first-order chi connectivity index (χ1) is 10.7. The maximum Gasteiger partial charge on any atom is 0.254 e. The molecule has 0 radical (unpaired) electrons. The van der Waals surface area contributed by atoms with Gasteiger partial charge in [0, 0.05) is 29.4 Å². The predicted molar refractivity (Wildman–Crippen MR) is 86.7 cm³/mol. The maximum atomic E-state index is 12.8. The summed E-state index contributed by atoms with van der Waals surface area (Å²) < 4.78 is 5.39. The van der Waals surface area contributed by atoms with Crippen LogP contribution in [0.2, 0.25) is 0 Å². The summed E-state index contributed by atoms with van der Waals surface area (Å²) in [6, 6.07) is 15.3. The van der Waals surface area contributed by atoms with Crippen LogP contribution in [0.5, 0.6) is 5.75 Å². The van der Waals surface area contributed by atoms with E-state index < -0.39 is 0 Å². The maximum absolute atomic E-state index is 12.8. The molecule has 4 nitrogen and oxygen atoms in total. The number of rotatable bonds is 5. The summed E-state index contributed by atoms with van der Waals surface area (Å²) in [7, 11) is 1.65. The molecule has 0 aliphatic heterocycles. The van der Waals surface area contributed by atoms with Crippen molar-refractivity contribution < 1.29 is 9.53 Å². The molecule has 1 amide bonds. The van der Waals surface area contributed by atoms with E-state index in [-0.39, 0.29) is 5.91 Å². The average molecular weight is 296 g/mol. The summed E-state index contributed by atoms with van der Waals surface area (Å²) in [5.41, 5.74) is 8.07. The lowest BCUT2D eigenvalue weighted by Crippen LogP contribution is -2.32. The van der Waals surface area contributed by atoms with Crippen LogP contribution in [-0.4, -0.2) is 24.0 Å². The average Bonchev–Trinajstić information content (AvgIpc) is 3.38. The first kappa shape index (κ1) is 14.4. The molecule has 0 unspecified atom stereocenters. The zero-order valence-corrected chi connectivity index (χ0v) is 12.7. The lowest BCUT2D eigenvalue weighted by molar-refractivity contribution is 0.0729. The molecule has 0 aromatic heterocycles. The number of hydrogen-bond acceptors (Lipinski definition) is 3. The standard InChI is InChI=1S/C18H20N2O2/c1-22-17-5-3-2-4-14(17)12-20(16-10-11-16)18(21)13-6-8-15(19)9-7-13/h2-9,16H,10-12,19H2,1H3. The van der Waals surface area contributed by atoms with Gasteiger partial charge in [-0.25, -0.2) is 0 Å². The zero-order valence-electron chi connectivity index (χ0n) is 12.7. The highest BCUT2D eigenvalue weighted by atomic mass is 16.5. The predicted octanol–water partition coefficient (Wildman–Crippen LogP) is 3.08. The number of nitrogens with zero attached hydrogens (tertiary/aromatic N) is 1. The fourth-order valence-electron chi connectivity index (χ4n) is 2.56. The highest BCUT2D eigenvalue weighted by Gasteiger charge is 2.33. The van der Waals surface area contributed by atoms with E-state index >= 15 is 0 Å². The van der Waals surface area contributed by atoms with E-state index in [1.807, 2.05) is 29.2 Å². The number of nitrogen functional groups attached to an aromatic ring is 1. The van der Waals surface area contributed by atoms with Gasteiger partial charge in [-0.1, -0.05) is 18.2 Å². The van der Waals surface area contributed by atoms with Crippen LogP contribution in [0.4, 0.5) is 5.69 Å². The van der Waals surface area contributed by atoms with Crippen molar-refractivity contribution in [3.8, 4) is 5.75 Å². The molecule has 0 spiro atoms. The monoisotopic (exact) mass is 296 g/mol. The summed E-state index contributed by atoms with van der Waals surface area (Å²) in [6.45, 7) is 0.567. The molecule has 4 heteroatoms. The highest BCUT2D eigenvalue weighted by Crippen LogP contribution is 2.31. The number of benzene rings is 2. The molecule has 22 heavy (non-hydrogen) atoms. The number of methoxy groups -OCH3 is 1. The highest BCUT2D eigenvalue weighted by molar-refractivity contribution is 5.95. The van der Waals surface area contributed by atoms with Crippen molar-refractivity contribution in [3.63, 3.8) is 0 Å². The summed E-state index contributed by atoms with van der Waals surface area (Å²) in [4.78, 5) is 14.7. The number of carbonyl (C=O) groups is 1. The quantitative estimate of drug-likeness (QED) is 0.863. The smallest absolute Gasteiger partial charge is 0.254 e. The van der Waals surface area contributed by atoms with E-state index in [0.29, 0.717) is 23.8 Å². The Balaban J connectivity index is 1.84. The van der Waals surface area contributed by atoms with Gasteiger partial charge in [-0.15, -0.1) is 0 Å². The normalized spacial score (nSPS) is 13.7. The fourth-order valence-corrected chi connectivity index (χ4v) is 2.56. The minimum atomic E-state index is 0.0495. The summed E-state index contributed by atoms with van der Waals surface area (Å²) in [6.07, 6.45) is 2.13. The van der Waals surface area contributed by atoms with Crippen LogP contribution in [-0.2, 0) is 6.54 Å². The molecule has 0 heterocycles. The molecule has 1 aliphatic carbocycles. The Morgan fingerprint density at radius 3 is 2.50 bits per heavy atom. The molecule has 0 bridgehead atoms. The second kappa shape index (κ2) is 6.10. The Morgan fingerprint density at radius 2 is 1.86 bits per heavy atom. The largest absolute Gasteiger partial charge is 0.496 e. The van der Waals surface area contributed by atoms with Gasteiger partial charge < -0.3 is 15.4 Å². The van der Waals surface area contributed by atoms with E-state index in [9.17, 15) is 4.79 Å². The molecule has 2 aromatic rings. The number of carbonyl (C=O) groups excluding carboxylic acids is 1. The molecule has 1 saturated carbocycles. The second-order valence-corrected chi connectivity index (χ2v) is 5.60. The van der Waals surface area contributed by atoms with Gasteiger partial charge in [0.25, 0.3) is 5.91 Å². The fraction of sp³-hybridized carbons (Fsp3) is 0.278. The van der Waals surface area contributed by atoms with Crippen LogP contribution in [0.15, 0.2) is 48.5 Å². The number of nitrogens with two attached hydrogens (primary N) is 1. The minimum Gasteiger partial charge on any atom is -0.496 e. The number of hydrogen-bond donors (Lipinski definition) is 1. The van der Waals surface area contributed by atoms with Crippen LogP contribution in [0, 0.1) is 0 Å². The molecule has 114 valence electrons. The number of amides is 1. The van der Waals surface area contributed by atoms with Gasteiger partial charge in [-0.05, 0) is 43.2 Å². The van der Waals surface area contributed by atoms with Crippen molar-refractivity contribution in [3.05, 3.63) is 59.7 Å². The van der Waals surface area contributed by atoms with Gasteiger partial charge in [0.1, 0.15) is 5.75 Å². The first-order valence-electron chi connectivity index (χ1n) is 7.47. The molecular formula is C18H20N2O2. The van der Waals surface area contributed by atoms with Gasteiger partial charge in [-0.2, -0.15) is 0 Å². The number of anilines is 1. The summed E-state index contributed by atoms with van der Waals surface area (Å²) >= 11 is 0. The van der Waals surface area contributed by atoms with Crippen molar-refractivity contribution >= 4 is 11.6 Å². The van der Waals surface area contributed by atoms with Crippen LogP contribution in [0.1, 0.15) is 28.8 Å². The zero-order chi connectivity index (χ0) is 15.5. The van der Waals surface area contributed by atoms with E-state index in [4.69, 9.17) is 10.5 Å². The molecule has 1 fully saturated rings. The van der Waals surface area contributed by atoms with Crippen molar-refractivity contribution in [1.82, 2.24) is 4.90 Å². The third-order valence-corrected chi connectivity index (χ3v) is 3.94. The minimum absolute atomic E-state index is 0.0495. The number of ether oxygens (including phenoxy) is 1. The number of para-hydroxylation sites is 1. The molecular weight excluding hydrogens is 276 g/mol. The topological polar surface area (TPSA) is 55.6 Å². The molecule has 0 atom stereocenters. The SMILES string of the molecule is COc1ccccc1CN(C(=O)c1ccc(N)cc1)C1CC1. The molecule has 3 rings (SSSR count). The summed E-state index contributed by atoms with van der Waals surface area (Å²) in [5.74, 6) is 0.867. The van der Waals surface area contributed by atoms with Gasteiger partial charge in [0.15, 0.2) is 0 Å². The lowest BCUT2D eigenvalue weighted by atomic mass is 10.1. The van der Waals surface area contributed by atoms with Gasteiger partial charge >= 0.3 is 0 Å². The Hall–Kier alpha value is -2.49. The second-order valence-electron chi connectivity index (χ2n) is 5.60. The molecule has 1 aliphatic rings. The lowest BCUT2D eigenvalue weighted by Gasteiger charge is -2.23. The van der Waals surface area contributed by atoms with Crippen molar-refractivity contribution in [1.29, 1.82) is 0 Å². The van der Waals surface area contributed by atoms with Crippen LogP contribution < -0.4 is 10.5 Å². The van der Waals surface area contributed by atoms with Gasteiger partial charge in [-0.3, -0.25) is 4.79 Å². The molecule has 2 aromatic carbocycles. The Kier molecular flexibility index (Phi) is 4.00. The van der Waals surface area contributed by atoms with Crippen LogP contribution in [0.3, 0.4) is 0 Å². The van der Waals surface area contributed by atoms with Crippen molar-refractivity contribution in [2.45, 2.75) is 25.4 Å². The van der Waals surface area contributed by atoms with Crippen molar-refractivity contribution in [2.24, 2.45) is 0 Å². The van der Waals surface area contributed by atoms with Gasteiger partial charge in [0.2, 0.25) is 0 Å². The van der Waals surface area contributed by atoms with E-state index in [1.54, 1.807) is 31.4 Å². The van der Waals surface area contributed by atoms with Crippen LogP contribution in [0.25, 0.3) is 0 Å². The first-order valence-corrected chi connectivity index (χ1v) is 7.47. The van der Waals surface area contributed by atoms with E-state index in [0.717, 1.165) is 24.2 Å². The van der Waals surface area contributed by atoms with E-state index in [2.05, 4.69) is 0 Å². The Labute approximate surface area is 130 Å². The molecule has 2 N–H and O–H groups in total.